The van der Waals surface area contributed by atoms with E-state index in [2.05, 4.69) is 15.2 Å². The molecular formula is C20H23N3O3S. The summed E-state index contributed by atoms with van der Waals surface area (Å²) in [6.45, 7) is 7.28. The van der Waals surface area contributed by atoms with Gasteiger partial charge in [-0.05, 0) is 61.6 Å². The Morgan fingerprint density at radius 3 is 2.33 bits per heavy atom. The Bertz CT molecular complexity index is 1100. The lowest BCUT2D eigenvalue weighted by atomic mass is 10.0. The number of aromatic nitrogens is 1. The molecule has 0 spiro atoms. The minimum Gasteiger partial charge on any atom is -0.361 e. The number of para-hydroxylation sites is 1. The van der Waals surface area contributed by atoms with Crippen molar-refractivity contribution < 1.29 is 13.2 Å². The van der Waals surface area contributed by atoms with Crippen LogP contribution < -0.4 is 10.3 Å². The van der Waals surface area contributed by atoms with Gasteiger partial charge in [0.1, 0.15) is 0 Å². The molecule has 1 aromatic heterocycles. The van der Waals surface area contributed by atoms with Crippen LogP contribution in [-0.2, 0) is 21.2 Å². The number of aryl methyl sites for hydroxylation is 2. The molecule has 0 atom stereocenters. The summed E-state index contributed by atoms with van der Waals surface area (Å²) in [5.74, 6) is -0.428. The Labute approximate surface area is 159 Å². The third kappa shape index (κ3) is 3.74. The number of sulfonamides is 1. The van der Waals surface area contributed by atoms with E-state index >= 15 is 0 Å². The summed E-state index contributed by atoms with van der Waals surface area (Å²) in [6.07, 6.45) is 1.83. The highest BCUT2D eigenvalue weighted by Gasteiger charge is 2.22. The number of amides is 1. The highest BCUT2D eigenvalue weighted by atomic mass is 32.2. The molecule has 0 bridgehead atoms. The van der Waals surface area contributed by atoms with Crippen molar-refractivity contribution in [3.8, 4) is 0 Å². The second-order valence-corrected chi connectivity index (χ2v) is 8.40. The second kappa shape index (κ2) is 7.17. The largest absolute Gasteiger partial charge is 0.361 e. The van der Waals surface area contributed by atoms with Gasteiger partial charge in [0.25, 0.3) is 10.0 Å². The number of rotatable bonds is 5. The molecule has 0 radical (unpaired) electrons. The van der Waals surface area contributed by atoms with Crippen LogP contribution in [-0.4, -0.2) is 19.3 Å². The second-order valence-electron chi connectivity index (χ2n) is 6.78. The molecule has 0 aliphatic carbocycles. The van der Waals surface area contributed by atoms with E-state index in [0.717, 1.165) is 27.6 Å². The topological polar surface area (TPSA) is 91.1 Å². The Morgan fingerprint density at radius 2 is 1.67 bits per heavy atom. The number of aromatic amines is 1. The minimum absolute atomic E-state index is 0.0668. The first-order valence-corrected chi connectivity index (χ1v) is 10.1. The lowest BCUT2D eigenvalue weighted by Crippen LogP contribution is -2.42. The number of hydrazine groups is 1. The Kier molecular flexibility index (Phi) is 5.08. The molecule has 0 saturated heterocycles. The van der Waals surface area contributed by atoms with E-state index in [1.54, 1.807) is 20.0 Å². The molecule has 3 aromatic rings. The quantitative estimate of drug-likeness (QED) is 0.590. The number of carbonyl (C=O) groups excluding carboxylic acids is 1. The van der Waals surface area contributed by atoms with Crippen LogP contribution in [0, 0.1) is 27.7 Å². The fourth-order valence-corrected chi connectivity index (χ4v) is 4.73. The number of H-pyrrole nitrogens is 1. The third-order valence-corrected chi connectivity index (χ3v) is 6.44. The summed E-state index contributed by atoms with van der Waals surface area (Å²) in [4.78, 5) is 17.8. The van der Waals surface area contributed by atoms with Gasteiger partial charge >= 0.3 is 0 Å². The van der Waals surface area contributed by atoms with Crippen molar-refractivity contribution in [3.05, 3.63) is 64.3 Å². The fourth-order valence-electron chi connectivity index (χ4n) is 3.25. The zero-order valence-electron chi connectivity index (χ0n) is 15.8. The third-order valence-electron chi connectivity index (χ3n) is 4.92. The zero-order valence-corrected chi connectivity index (χ0v) is 16.6. The first-order chi connectivity index (χ1) is 12.7. The molecule has 0 aliphatic rings. The number of fused-ring (bicyclic) bond motifs is 1. The summed E-state index contributed by atoms with van der Waals surface area (Å²) in [5.41, 5.74) is 7.21. The molecule has 0 unspecified atom stereocenters. The van der Waals surface area contributed by atoms with Gasteiger partial charge in [-0.15, -0.1) is 4.83 Å². The molecule has 6 nitrogen and oxygen atoms in total. The predicted molar refractivity (Wildman–Crippen MR) is 106 cm³/mol. The van der Waals surface area contributed by atoms with E-state index in [4.69, 9.17) is 0 Å². The van der Waals surface area contributed by atoms with Crippen LogP contribution in [0.2, 0.25) is 0 Å². The van der Waals surface area contributed by atoms with Gasteiger partial charge in [0.05, 0.1) is 11.3 Å². The summed E-state index contributed by atoms with van der Waals surface area (Å²) < 4.78 is 25.5. The Balaban J connectivity index is 1.77. The van der Waals surface area contributed by atoms with Crippen LogP contribution in [0.3, 0.4) is 0 Å². The standard InChI is InChI=1S/C20H23N3O3S/c1-12-9-13(2)15(4)20(14(12)3)27(25,26)23-22-19(24)10-16-11-21-18-8-6-5-7-17(16)18/h5-9,11,21,23H,10H2,1-4H3,(H,22,24). The molecule has 1 heterocycles. The van der Waals surface area contributed by atoms with Crippen molar-refractivity contribution >= 4 is 26.8 Å². The fraction of sp³-hybridized carbons (Fsp3) is 0.250. The maximum absolute atomic E-state index is 12.8. The molecule has 142 valence electrons. The molecule has 3 N–H and O–H groups in total. The molecule has 2 aromatic carbocycles. The van der Waals surface area contributed by atoms with Gasteiger partial charge in [0, 0.05) is 17.1 Å². The average molecular weight is 385 g/mol. The van der Waals surface area contributed by atoms with Crippen LogP contribution in [0.15, 0.2) is 41.4 Å². The molecule has 3 rings (SSSR count). The van der Waals surface area contributed by atoms with Crippen molar-refractivity contribution in [2.45, 2.75) is 39.0 Å². The average Bonchev–Trinajstić information content (AvgIpc) is 3.01. The Hall–Kier alpha value is -2.64. The lowest BCUT2D eigenvalue weighted by Gasteiger charge is -2.16. The minimum atomic E-state index is -3.87. The maximum Gasteiger partial charge on any atom is 0.257 e. The summed E-state index contributed by atoms with van der Waals surface area (Å²) in [7, 11) is -3.87. The smallest absolute Gasteiger partial charge is 0.257 e. The van der Waals surface area contributed by atoms with E-state index in [-0.39, 0.29) is 11.3 Å². The highest BCUT2D eigenvalue weighted by molar-refractivity contribution is 7.89. The maximum atomic E-state index is 12.8. The van der Waals surface area contributed by atoms with Crippen molar-refractivity contribution in [2.75, 3.05) is 0 Å². The molecule has 1 amide bonds. The summed E-state index contributed by atoms with van der Waals surface area (Å²) in [5, 5.41) is 0.941. The SMILES string of the molecule is Cc1cc(C)c(C)c(S(=O)(=O)NNC(=O)Cc2c[nH]c3ccccc23)c1C. The van der Waals surface area contributed by atoms with Crippen LogP contribution in [0.25, 0.3) is 10.9 Å². The van der Waals surface area contributed by atoms with Crippen molar-refractivity contribution in [3.63, 3.8) is 0 Å². The number of benzene rings is 2. The van der Waals surface area contributed by atoms with Gasteiger partial charge in [-0.1, -0.05) is 24.3 Å². The van der Waals surface area contributed by atoms with Gasteiger partial charge in [-0.2, -0.15) is 0 Å². The monoisotopic (exact) mass is 385 g/mol. The van der Waals surface area contributed by atoms with Gasteiger partial charge in [-0.3, -0.25) is 10.2 Å². The van der Waals surface area contributed by atoms with E-state index in [0.29, 0.717) is 11.1 Å². The summed E-state index contributed by atoms with van der Waals surface area (Å²) >= 11 is 0. The van der Waals surface area contributed by atoms with Crippen LogP contribution in [0.5, 0.6) is 0 Å². The van der Waals surface area contributed by atoms with Crippen LogP contribution >= 0.6 is 0 Å². The lowest BCUT2D eigenvalue weighted by molar-refractivity contribution is -0.120. The molecule has 0 fully saturated rings. The van der Waals surface area contributed by atoms with E-state index < -0.39 is 15.9 Å². The molecule has 7 heteroatoms. The summed E-state index contributed by atoms with van der Waals surface area (Å²) in [6, 6.07) is 9.60. The first kappa shape index (κ1) is 19.1. The van der Waals surface area contributed by atoms with E-state index in [1.165, 1.54) is 0 Å². The molecular weight excluding hydrogens is 362 g/mol. The van der Waals surface area contributed by atoms with Crippen molar-refractivity contribution in [1.82, 2.24) is 15.2 Å². The predicted octanol–water partition coefficient (Wildman–Crippen LogP) is 2.95. The van der Waals surface area contributed by atoms with Gasteiger partial charge in [0.15, 0.2) is 0 Å². The zero-order chi connectivity index (χ0) is 19.8. The van der Waals surface area contributed by atoms with Crippen LogP contribution in [0.4, 0.5) is 0 Å². The molecule has 0 aliphatic heterocycles. The Morgan fingerprint density at radius 1 is 1.04 bits per heavy atom. The van der Waals surface area contributed by atoms with E-state index in [1.807, 2.05) is 44.2 Å². The number of hydrogen-bond acceptors (Lipinski definition) is 3. The van der Waals surface area contributed by atoms with Crippen LogP contribution in [0.1, 0.15) is 27.8 Å². The molecule has 27 heavy (non-hydrogen) atoms. The van der Waals surface area contributed by atoms with Crippen molar-refractivity contribution in [1.29, 1.82) is 0 Å². The normalized spacial score (nSPS) is 11.7. The molecule has 0 saturated carbocycles. The van der Waals surface area contributed by atoms with E-state index in [9.17, 15) is 13.2 Å². The number of hydrogen-bond donors (Lipinski definition) is 3. The highest BCUT2D eigenvalue weighted by Crippen LogP contribution is 2.25. The first-order valence-electron chi connectivity index (χ1n) is 8.63. The van der Waals surface area contributed by atoms with Gasteiger partial charge in [-0.25, -0.2) is 8.42 Å². The van der Waals surface area contributed by atoms with Crippen molar-refractivity contribution in [2.24, 2.45) is 0 Å². The number of nitrogens with one attached hydrogen (secondary N) is 3. The van der Waals surface area contributed by atoms with Gasteiger partial charge < -0.3 is 4.98 Å². The number of carbonyl (C=O) groups is 1. The van der Waals surface area contributed by atoms with Gasteiger partial charge in [0.2, 0.25) is 5.91 Å².